The van der Waals surface area contributed by atoms with Crippen LogP contribution in [0.15, 0.2) is 28.7 Å². The molecule has 1 saturated heterocycles. The number of hydrogen-bond acceptors (Lipinski definition) is 5. The number of thioether (sulfide) groups is 1. The second-order valence-corrected chi connectivity index (χ2v) is 6.05. The summed E-state index contributed by atoms with van der Waals surface area (Å²) in [5, 5.41) is 1.67. The molecule has 2 atom stereocenters. The Morgan fingerprint density at radius 3 is 3.05 bits per heavy atom. The van der Waals surface area contributed by atoms with Gasteiger partial charge in [0.2, 0.25) is 0 Å². The van der Waals surface area contributed by atoms with Crippen LogP contribution in [0.5, 0.6) is 0 Å². The maximum absolute atomic E-state index is 5.98. The summed E-state index contributed by atoms with van der Waals surface area (Å²) in [6.45, 7) is 0.750. The highest BCUT2D eigenvalue weighted by molar-refractivity contribution is 7.99. The average Bonchev–Trinajstić information content (AvgIpc) is 2.83. The van der Waals surface area contributed by atoms with E-state index in [2.05, 4.69) is 5.43 Å². The number of nitrogens with one attached hydrogen (secondary N) is 1. The smallest absolute Gasteiger partial charge is 0.134 e. The largest absolute Gasteiger partial charge is 0.459 e. The zero-order chi connectivity index (χ0) is 13.2. The molecule has 0 saturated carbocycles. The highest BCUT2D eigenvalue weighted by atomic mass is 35.5. The quantitative estimate of drug-likeness (QED) is 0.674. The lowest BCUT2D eigenvalue weighted by Crippen LogP contribution is -2.41. The molecular weight excluding hydrogens is 284 g/mol. The van der Waals surface area contributed by atoms with Gasteiger partial charge in [0.05, 0.1) is 12.7 Å². The number of hydrogen-bond donors (Lipinski definition) is 2. The first-order chi connectivity index (χ1) is 9.28. The van der Waals surface area contributed by atoms with Crippen molar-refractivity contribution in [1.82, 2.24) is 5.43 Å². The molecule has 2 aromatic rings. The van der Waals surface area contributed by atoms with Crippen molar-refractivity contribution in [2.24, 2.45) is 5.84 Å². The molecular formula is C13H15ClN2O2S. The molecule has 3 N–H and O–H groups in total. The first kappa shape index (κ1) is 13.3. The maximum atomic E-state index is 5.98. The van der Waals surface area contributed by atoms with Crippen LogP contribution < -0.4 is 11.3 Å². The van der Waals surface area contributed by atoms with Gasteiger partial charge in [0.15, 0.2) is 0 Å². The van der Waals surface area contributed by atoms with E-state index in [0.717, 1.165) is 34.8 Å². The number of ether oxygens (including phenoxy) is 1. The standard InChI is InChI=1S/C13H15ClN2O2S/c14-9-1-2-10-8(5-9)6-11(18-10)13(16-15)12-7-19-4-3-17-12/h1-2,5-6,12-13,16H,3-4,7,15H2. The highest BCUT2D eigenvalue weighted by Crippen LogP contribution is 2.30. The summed E-state index contributed by atoms with van der Waals surface area (Å²) in [6.07, 6.45) is 0.0276. The van der Waals surface area contributed by atoms with Crippen LogP contribution in [0.1, 0.15) is 11.8 Å². The SMILES string of the molecule is NNC(c1cc2cc(Cl)ccc2o1)C1CSCCO1. The van der Waals surface area contributed by atoms with Gasteiger partial charge in [-0.05, 0) is 24.3 Å². The third-order valence-electron chi connectivity index (χ3n) is 3.20. The van der Waals surface area contributed by atoms with Crippen LogP contribution in [0.3, 0.4) is 0 Å². The Labute approximate surface area is 120 Å². The zero-order valence-corrected chi connectivity index (χ0v) is 11.8. The first-order valence-corrected chi connectivity index (χ1v) is 7.65. The van der Waals surface area contributed by atoms with Crippen molar-refractivity contribution in [3.63, 3.8) is 0 Å². The molecule has 2 unspecified atom stereocenters. The van der Waals surface area contributed by atoms with Crippen molar-refractivity contribution in [1.29, 1.82) is 0 Å². The molecule has 1 aromatic heterocycles. The second-order valence-electron chi connectivity index (χ2n) is 4.46. The van der Waals surface area contributed by atoms with Gasteiger partial charge in [-0.2, -0.15) is 11.8 Å². The zero-order valence-electron chi connectivity index (χ0n) is 10.3. The molecule has 0 amide bonds. The van der Waals surface area contributed by atoms with Gasteiger partial charge in [0, 0.05) is 21.9 Å². The van der Waals surface area contributed by atoms with Gasteiger partial charge in [-0.15, -0.1) is 0 Å². The Kier molecular flexibility index (Phi) is 4.00. The van der Waals surface area contributed by atoms with Crippen LogP contribution in [0.25, 0.3) is 11.0 Å². The van der Waals surface area contributed by atoms with Crippen LogP contribution in [0.2, 0.25) is 5.02 Å². The predicted octanol–water partition coefficient (Wildman–Crippen LogP) is 2.72. The van der Waals surface area contributed by atoms with E-state index in [1.165, 1.54) is 0 Å². The van der Waals surface area contributed by atoms with E-state index in [4.69, 9.17) is 26.6 Å². The Balaban J connectivity index is 1.91. The lowest BCUT2D eigenvalue weighted by molar-refractivity contribution is 0.0414. The molecule has 0 bridgehead atoms. The molecule has 102 valence electrons. The highest BCUT2D eigenvalue weighted by Gasteiger charge is 2.28. The van der Waals surface area contributed by atoms with Gasteiger partial charge in [-0.1, -0.05) is 11.6 Å². The van der Waals surface area contributed by atoms with E-state index in [1.54, 1.807) is 0 Å². The lowest BCUT2D eigenvalue weighted by Gasteiger charge is -2.28. The van der Waals surface area contributed by atoms with Crippen molar-refractivity contribution < 1.29 is 9.15 Å². The van der Waals surface area contributed by atoms with Crippen molar-refractivity contribution in [3.05, 3.63) is 35.0 Å². The van der Waals surface area contributed by atoms with Crippen LogP contribution in [-0.2, 0) is 4.74 Å². The molecule has 1 aliphatic heterocycles. The van der Waals surface area contributed by atoms with Gasteiger partial charge in [-0.3, -0.25) is 5.84 Å². The van der Waals surface area contributed by atoms with Gasteiger partial charge in [0.1, 0.15) is 17.4 Å². The van der Waals surface area contributed by atoms with Gasteiger partial charge in [0.25, 0.3) is 0 Å². The molecule has 4 nitrogen and oxygen atoms in total. The van der Waals surface area contributed by atoms with Crippen LogP contribution in [0.4, 0.5) is 0 Å². The third-order valence-corrected chi connectivity index (χ3v) is 4.45. The molecule has 2 heterocycles. The number of nitrogens with two attached hydrogens (primary N) is 1. The summed E-state index contributed by atoms with van der Waals surface area (Å²) in [6, 6.07) is 7.39. The summed E-state index contributed by atoms with van der Waals surface area (Å²) >= 11 is 7.85. The second kappa shape index (κ2) is 5.73. The predicted molar refractivity (Wildman–Crippen MR) is 78.4 cm³/mol. The Morgan fingerprint density at radius 1 is 1.42 bits per heavy atom. The van der Waals surface area contributed by atoms with E-state index in [9.17, 15) is 0 Å². The topological polar surface area (TPSA) is 60.4 Å². The average molecular weight is 299 g/mol. The van der Waals surface area contributed by atoms with E-state index < -0.39 is 0 Å². The van der Waals surface area contributed by atoms with Crippen LogP contribution in [0, 0.1) is 0 Å². The molecule has 3 rings (SSSR count). The normalized spacial score (nSPS) is 21.7. The summed E-state index contributed by atoms with van der Waals surface area (Å²) in [5.41, 5.74) is 3.61. The lowest BCUT2D eigenvalue weighted by atomic mass is 10.1. The minimum absolute atomic E-state index is 0.0276. The molecule has 0 spiro atoms. The molecule has 1 aromatic carbocycles. The Morgan fingerprint density at radius 2 is 2.32 bits per heavy atom. The number of halogens is 1. The minimum Gasteiger partial charge on any atom is -0.459 e. The Hall–Kier alpha value is -0.720. The number of benzene rings is 1. The first-order valence-electron chi connectivity index (χ1n) is 6.12. The maximum Gasteiger partial charge on any atom is 0.134 e. The number of rotatable bonds is 3. The summed E-state index contributed by atoms with van der Waals surface area (Å²) in [5.74, 6) is 8.39. The number of furan rings is 1. The minimum atomic E-state index is -0.140. The summed E-state index contributed by atoms with van der Waals surface area (Å²) < 4.78 is 11.6. The fourth-order valence-corrected chi connectivity index (χ4v) is 3.34. The molecule has 0 aliphatic carbocycles. The monoisotopic (exact) mass is 298 g/mol. The van der Waals surface area contributed by atoms with Crippen molar-refractivity contribution in [2.75, 3.05) is 18.1 Å². The van der Waals surface area contributed by atoms with Crippen LogP contribution >= 0.6 is 23.4 Å². The van der Waals surface area contributed by atoms with Gasteiger partial charge >= 0.3 is 0 Å². The van der Waals surface area contributed by atoms with Crippen molar-refractivity contribution >= 4 is 34.3 Å². The van der Waals surface area contributed by atoms with E-state index >= 15 is 0 Å². The van der Waals surface area contributed by atoms with Crippen molar-refractivity contribution in [2.45, 2.75) is 12.1 Å². The molecule has 1 fully saturated rings. The molecule has 6 heteroatoms. The molecule has 0 radical (unpaired) electrons. The van der Waals surface area contributed by atoms with Gasteiger partial charge in [-0.25, -0.2) is 5.43 Å². The molecule has 1 aliphatic rings. The number of fused-ring (bicyclic) bond motifs is 1. The summed E-state index contributed by atoms with van der Waals surface area (Å²) in [4.78, 5) is 0. The summed E-state index contributed by atoms with van der Waals surface area (Å²) in [7, 11) is 0. The van der Waals surface area contributed by atoms with E-state index in [-0.39, 0.29) is 12.1 Å². The third kappa shape index (κ3) is 2.75. The fourth-order valence-electron chi connectivity index (χ4n) is 2.26. The molecule has 19 heavy (non-hydrogen) atoms. The van der Waals surface area contributed by atoms with E-state index in [1.807, 2.05) is 36.0 Å². The van der Waals surface area contributed by atoms with Crippen molar-refractivity contribution in [3.8, 4) is 0 Å². The van der Waals surface area contributed by atoms with E-state index in [0.29, 0.717) is 5.02 Å². The van der Waals surface area contributed by atoms with Crippen LogP contribution in [-0.4, -0.2) is 24.2 Å². The number of hydrazine groups is 1. The Bertz CT molecular complexity index is 569. The van der Waals surface area contributed by atoms with Gasteiger partial charge < -0.3 is 9.15 Å². The fraction of sp³-hybridized carbons (Fsp3) is 0.385.